The zero-order chi connectivity index (χ0) is 14.8. The molecule has 0 amide bonds. The van der Waals surface area contributed by atoms with Crippen LogP contribution in [0, 0.1) is 17.8 Å². The molecule has 1 N–H and O–H groups in total. The second-order valence-corrected chi connectivity index (χ2v) is 8.03. The molecule has 1 heteroatoms. The van der Waals surface area contributed by atoms with E-state index in [1.807, 2.05) is 0 Å². The van der Waals surface area contributed by atoms with E-state index in [2.05, 4.69) is 75.5 Å². The van der Waals surface area contributed by atoms with Crippen molar-refractivity contribution < 1.29 is 0 Å². The Balaban J connectivity index is 1.78. The Labute approximate surface area is 128 Å². The summed E-state index contributed by atoms with van der Waals surface area (Å²) < 4.78 is 0. The highest BCUT2D eigenvalue weighted by Gasteiger charge is 2.51. The standard InChI is InChI=1S/C20H25N/c1-12-14-7-5-6-8-15(14)19-18(12)16-11-13(20(2,3)4)9-10-17(16)21-19/h5-12,14-15,18-19,21H,1-4H3. The average Bonchev–Trinajstić information content (AvgIpc) is 2.95. The van der Waals surface area contributed by atoms with E-state index in [-0.39, 0.29) is 5.41 Å². The number of hydrogen-bond acceptors (Lipinski definition) is 1. The normalized spacial score (nSPS) is 36.1. The fourth-order valence-corrected chi connectivity index (χ4v) is 4.61. The van der Waals surface area contributed by atoms with Crippen molar-refractivity contribution in [2.45, 2.75) is 45.1 Å². The Hall–Kier alpha value is -1.50. The molecule has 3 aliphatic rings. The van der Waals surface area contributed by atoms with E-state index < -0.39 is 0 Å². The van der Waals surface area contributed by atoms with E-state index in [1.165, 1.54) is 11.3 Å². The van der Waals surface area contributed by atoms with Crippen LogP contribution in [0.25, 0.3) is 0 Å². The van der Waals surface area contributed by atoms with Gasteiger partial charge in [0.1, 0.15) is 0 Å². The molecule has 0 spiro atoms. The lowest BCUT2D eigenvalue weighted by atomic mass is 9.81. The number of hydrogen-bond donors (Lipinski definition) is 1. The molecular formula is C20H25N. The third kappa shape index (κ3) is 1.83. The van der Waals surface area contributed by atoms with Crippen LogP contribution in [0.15, 0.2) is 42.5 Å². The van der Waals surface area contributed by atoms with E-state index in [1.54, 1.807) is 5.56 Å². The van der Waals surface area contributed by atoms with E-state index in [0.717, 1.165) is 0 Å². The monoisotopic (exact) mass is 279 g/mol. The highest BCUT2D eigenvalue weighted by atomic mass is 15.0. The molecule has 1 aromatic rings. The first kappa shape index (κ1) is 13.2. The Bertz CT molecular complexity index is 632. The lowest BCUT2D eigenvalue weighted by Crippen LogP contribution is -2.25. The number of allylic oxidation sites excluding steroid dienone is 3. The van der Waals surface area contributed by atoms with Gasteiger partial charge in [0.05, 0.1) is 0 Å². The van der Waals surface area contributed by atoms with Crippen molar-refractivity contribution in [1.29, 1.82) is 0 Å². The van der Waals surface area contributed by atoms with Gasteiger partial charge in [0.25, 0.3) is 0 Å². The van der Waals surface area contributed by atoms with Gasteiger partial charge in [-0.3, -0.25) is 0 Å². The predicted molar refractivity (Wildman–Crippen MR) is 89.7 cm³/mol. The van der Waals surface area contributed by atoms with Gasteiger partial charge in [-0.1, -0.05) is 64.1 Å². The molecule has 2 aliphatic carbocycles. The summed E-state index contributed by atoms with van der Waals surface area (Å²) in [7, 11) is 0. The zero-order valence-corrected chi connectivity index (χ0v) is 13.4. The average molecular weight is 279 g/mol. The maximum absolute atomic E-state index is 3.82. The first-order chi connectivity index (χ1) is 9.97. The minimum Gasteiger partial charge on any atom is -0.381 e. The minimum absolute atomic E-state index is 0.224. The largest absolute Gasteiger partial charge is 0.381 e. The van der Waals surface area contributed by atoms with Crippen molar-refractivity contribution in [2.24, 2.45) is 17.8 Å². The molecule has 0 bridgehead atoms. The number of anilines is 1. The first-order valence-corrected chi connectivity index (χ1v) is 8.23. The number of nitrogens with one attached hydrogen (secondary N) is 1. The van der Waals surface area contributed by atoms with Crippen LogP contribution in [-0.2, 0) is 5.41 Å². The van der Waals surface area contributed by atoms with Crippen LogP contribution in [0.5, 0.6) is 0 Å². The molecule has 0 radical (unpaired) electrons. The Morgan fingerprint density at radius 1 is 1.00 bits per heavy atom. The van der Waals surface area contributed by atoms with Gasteiger partial charge in [-0.05, 0) is 34.4 Å². The Kier molecular flexibility index (Phi) is 2.67. The van der Waals surface area contributed by atoms with Crippen LogP contribution in [0.2, 0.25) is 0 Å². The van der Waals surface area contributed by atoms with E-state index >= 15 is 0 Å². The maximum atomic E-state index is 3.82. The zero-order valence-electron chi connectivity index (χ0n) is 13.4. The van der Waals surface area contributed by atoms with Crippen LogP contribution in [-0.4, -0.2) is 6.04 Å². The molecule has 5 atom stereocenters. The summed E-state index contributed by atoms with van der Waals surface area (Å²) in [6.07, 6.45) is 9.28. The predicted octanol–water partition coefficient (Wildman–Crippen LogP) is 4.87. The van der Waals surface area contributed by atoms with Gasteiger partial charge in [0.15, 0.2) is 0 Å². The van der Waals surface area contributed by atoms with Crippen LogP contribution in [0.3, 0.4) is 0 Å². The number of benzene rings is 1. The molecule has 21 heavy (non-hydrogen) atoms. The lowest BCUT2D eigenvalue weighted by Gasteiger charge is -2.24. The van der Waals surface area contributed by atoms with Gasteiger partial charge in [-0.2, -0.15) is 0 Å². The van der Waals surface area contributed by atoms with Crippen molar-refractivity contribution in [3.63, 3.8) is 0 Å². The van der Waals surface area contributed by atoms with Gasteiger partial charge in [-0.15, -0.1) is 0 Å². The van der Waals surface area contributed by atoms with Crippen LogP contribution < -0.4 is 5.32 Å². The molecule has 1 saturated carbocycles. The fourth-order valence-electron chi connectivity index (χ4n) is 4.61. The summed E-state index contributed by atoms with van der Waals surface area (Å²) in [6, 6.07) is 7.65. The van der Waals surface area contributed by atoms with Gasteiger partial charge in [0.2, 0.25) is 0 Å². The molecule has 1 fully saturated rings. The molecule has 5 unspecified atom stereocenters. The topological polar surface area (TPSA) is 12.0 Å². The summed E-state index contributed by atoms with van der Waals surface area (Å²) in [5, 5.41) is 3.82. The van der Waals surface area contributed by atoms with Crippen LogP contribution in [0.4, 0.5) is 5.69 Å². The molecule has 0 saturated heterocycles. The quantitative estimate of drug-likeness (QED) is 0.714. The Morgan fingerprint density at radius 3 is 2.43 bits per heavy atom. The molecule has 1 nitrogen and oxygen atoms in total. The van der Waals surface area contributed by atoms with Crippen molar-refractivity contribution in [3.05, 3.63) is 53.6 Å². The van der Waals surface area contributed by atoms with Crippen molar-refractivity contribution >= 4 is 5.69 Å². The molecular weight excluding hydrogens is 254 g/mol. The van der Waals surface area contributed by atoms with Gasteiger partial charge < -0.3 is 5.32 Å². The van der Waals surface area contributed by atoms with E-state index in [9.17, 15) is 0 Å². The first-order valence-electron chi connectivity index (χ1n) is 8.23. The van der Waals surface area contributed by atoms with Gasteiger partial charge in [0, 0.05) is 23.6 Å². The molecule has 1 aromatic carbocycles. The fraction of sp³-hybridized carbons (Fsp3) is 0.500. The summed E-state index contributed by atoms with van der Waals surface area (Å²) in [5.74, 6) is 2.72. The van der Waals surface area contributed by atoms with Crippen molar-refractivity contribution in [1.82, 2.24) is 0 Å². The summed E-state index contributed by atoms with van der Waals surface area (Å²) in [4.78, 5) is 0. The molecule has 0 aromatic heterocycles. The second-order valence-electron chi connectivity index (χ2n) is 8.03. The second kappa shape index (κ2) is 4.25. The Morgan fingerprint density at radius 2 is 1.71 bits per heavy atom. The number of rotatable bonds is 0. The van der Waals surface area contributed by atoms with E-state index in [4.69, 9.17) is 0 Å². The molecule has 4 rings (SSSR count). The highest BCUT2D eigenvalue weighted by Crippen LogP contribution is 2.55. The van der Waals surface area contributed by atoms with Crippen molar-refractivity contribution in [3.8, 4) is 0 Å². The van der Waals surface area contributed by atoms with Crippen LogP contribution >= 0.6 is 0 Å². The lowest BCUT2D eigenvalue weighted by molar-refractivity contribution is 0.430. The molecule has 1 aliphatic heterocycles. The number of fused-ring (bicyclic) bond motifs is 5. The van der Waals surface area contributed by atoms with Crippen molar-refractivity contribution in [2.75, 3.05) is 5.32 Å². The molecule has 110 valence electrons. The maximum Gasteiger partial charge on any atom is 0.0402 e. The minimum atomic E-state index is 0.224. The third-order valence-electron chi connectivity index (χ3n) is 5.80. The van der Waals surface area contributed by atoms with Gasteiger partial charge in [-0.25, -0.2) is 0 Å². The SMILES string of the molecule is CC1C2C=CC=CC2C2Nc3ccc(C(C)(C)C)cc3C12. The highest BCUT2D eigenvalue weighted by molar-refractivity contribution is 5.63. The molecule has 1 heterocycles. The summed E-state index contributed by atoms with van der Waals surface area (Å²) in [5.41, 5.74) is 4.60. The van der Waals surface area contributed by atoms with E-state index in [0.29, 0.717) is 29.7 Å². The van der Waals surface area contributed by atoms with Gasteiger partial charge >= 0.3 is 0 Å². The van der Waals surface area contributed by atoms with Crippen LogP contribution in [0.1, 0.15) is 44.7 Å². The smallest absolute Gasteiger partial charge is 0.0402 e. The third-order valence-corrected chi connectivity index (χ3v) is 5.80. The summed E-state index contributed by atoms with van der Waals surface area (Å²) >= 11 is 0. The summed E-state index contributed by atoms with van der Waals surface area (Å²) in [6.45, 7) is 9.35.